The van der Waals surface area contributed by atoms with Crippen molar-refractivity contribution in [1.29, 1.82) is 0 Å². The van der Waals surface area contributed by atoms with Crippen LogP contribution in [-0.2, 0) is 6.42 Å². The molecule has 0 saturated carbocycles. The van der Waals surface area contributed by atoms with Crippen LogP contribution >= 0.6 is 0 Å². The number of hydrogen-bond acceptors (Lipinski definition) is 2. The third kappa shape index (κ3) is 3.70. The maximum atomic E-state index is 12.3. The van der Waals surface area contributed by atoms with Gasteiger partial charge in [-0.05, 0) is 36.6 Å². The zero-order chi connectivity index (χ0) is 14.4. The lowest BCUT2D eigenvalue weighted by Crippen LogP contribution is -2.05. The first-order chi connectivity index (χ1) is 9.70. The fourth-order valence-electron chi connectivity index (χ4n) is 2.06. The van der Waals surface area contributed by atoms with Gasteiger partial charge in [0.2, 0.25) is 0 Å². The number of ketones is 1. The van der Waals surface area contributed by atoms with E-state index in [0.29, 0.717) is 18.6 Å². The van der Waals surface area contributed by atoms with Crippen LogP contribution in [0.15, 0.2) is 48.5 Å². The SMILES string of the molecule is CCCOc1cccc(C(=O)Cc2ccccc2C)c1. The van der Waals surface area contributed by atoms with Crippen LogP contribution in [-0.4, -0.2) is 12.4 Å². The van der Waals surface area contributed by atoms with E-state index >= 15 is 0 Å². The summed E-state index contributed by atoms with van der Waals surface area (Å²) in [6.45, 7) is 4.77. The third-order valence-electron chi connectivity index (χ3n) is 3.24. The summed E-state index contributed by atoms with van der Waals surface area (Å²) in [5, 5.41) is 0. The van der Waals surface area contributed by atoms with E-state index in [2.05, 4.69) is 6.92 Å². The minimum Gasteiger partial charge on any atom is -0.494 e. The zero-order valence-electron chi connectivity index (χ0n) is 12.1. The molecular weight excluding hydrogens is 248 g/mol. The maximum Gasteiger partial charge on any atom is 0.167 e. The molecule has 0 N–H and O–H groups in total. The minimum absolute atomic E-state index is 0.126. The number of carbonyl (C=O) groups excluding carboxylic acids is 1. The fourth-order valence-corrected chi connectivity index (χ4v) is 2.06. The Morgan fingerprint density at radius 1 is 1.10 bits per heavy atom. The Bertz CT molecular complexity index is 587. The molecule has 2 heteroatoms. The number of benzene rings is 2. The molecular formula is C18H20O2. The van der Waals surface area contributed by atoms with E-state index in [1.807, 2.05) is 55.5 Å². The Morgan fingerprint density at radius 2 is 1.90 bits per heavy atom. The van der Waals surface area contributed by atoms with Gasteiger partial charge in [-0.1, -0.05) is 43.3 Å². The molecule has 0 aliphatic carbocycles. The van der Waals surface area contributed by atoms with E-state index in [1.165, 1.54) is 0 Å². The summed E-state index contributed by atoms with van der Waals surface area (Å²) >= 11 is 0. The van der Waals surface area contributed by atoms with Gasteiger partial charge in [0.05, 0.1) is 6.61 Å². The second-order valence-corrected chi connectivity index (χ2v) is 4.90. The maximum absolute atomic E-state index is 12.3. The first-order valence-corrected chi connectivity index (χ1v) is 7.01. The highest BCUT2D eigenvalue weighted by atomic mass is 16.5. The average Bonchev–Trinajstić information content (AvgIpc) is 2.48. The van der Waals surface area contributed by atoms with Crippen molar-refractivity contribution in [2.75, 3.05) is 6.61 Å². The molecule has 2 rings (SSSR count). The quantitative estimate of drug-likeness (QED) is 0.734. The molecule has 0 bridgehead atoms. The van der Waals surface area contributed by atoms with E-state index in [-0.39, 0.29) is 5.78 Å². The smallest absolute Gasteiger partial charge is 0.167 e. The van der Waals surface area contributed by atoms with Crippen molar-refractivity contribution in [2.24, 2.45) is 0 Å². The van der Waals surface area contributed by atoms with E-state index < -0.39 is 0 Å². The summed E-state index contributed by atoms with van der Waals surface area (Å²) in [5.74, 6) is 0.892. The Balaban J connectivity index is 2.11. The molecule has 0 fully saturated rings. The van der Waals surface area contributed by atoms with Crippen LogP contribution in [0.1, 0.15) is 34.8 Å². The Kier molecular flexibility index (Phi) is 4.94. The van der Waals surface area contributed by atoms with E-state index in [1.54, 1.807) is 0 Å². The fraction of sp³-hybridized carbons (Fsp3) is 0.278. The lowest BCUT2D eigenvalue weighted by molar-refractivity contribution is 0.0992. The predicted octanol–water partition coefficient (Wildman–Crippen LogP) is 4.21. The van der Waals surface area contributed by atoms with Gasteiger partial charge >= 0.3 is 0 Å². The van der Waals surface area contributed by atoms with Gasteiger partial charge in [0.25, 0.3) is 0 Å². The third-order valence-corrected chi connectivity index (χ3v) is 3.24. The van der Waals surface area contributed by atoms with Crippen molar-refractivity contribution in [2.45, 2.75) is 26.7 Å². The first kappa shape index (κ1) is 14.3. The Hall–Kier alpha value is -2.09. The van der Waals surface area contributed by atoms with Gasteiger partial charge in [0.1, 0.15) is 5.75 Å². The van der Waals surface area contributed by atoms with Crippen LogP contribution in [0.3, 0.4) is 0 Å². The summed E-state index contributed by atoms with van der Waals surface area (Å²) in [4.78, 5) is 12.3. The zero-order valence-corrected chi connectivity index (χ0v) is 12.1. The number of hydrogen-bond donors (Lipinski definition) is 0. The second kappa shape index (κ2) is 6.90. The van der Waals surface area contributed by atoms with Crippen LogP contribution in [0.25, 0.3) is 0 Å². The molecule has 0 amide bonds. The summed E-state index contributed by atoms with van der Waals surface area (Å²) in [5.41, 5.74) is 2.94. The molecule has 2 aromatic carbocycles. The van der Waals surface area contributed by atoms with Gasteiger partial charge < -0.3 is 4.74 Å². The van der Waals surface area contributed by atoms with Crippen LogP contribution in [0.4, 0.5) is 0 Å². The number of aryl methyl sites for hydroxylation is 1. The summed E-state index contributed by atoms with van der Waals surface area (Å²) in [7, 11) is 0. The molecule has 0 radical (unpaired) electrons. The van der Waals surface area contributed by atoms with Gasteiger partial charge in [-0.2, -0.15) is 0 Å². The summed E-state index contributed by atoms with van der Waals surface area (Å²) in [6.07, 6.45) is 1.39. The highest BCUT2D eigenvalue weighted by Crippen LogP contribution is 2.17. The topological polar surface area (TPSA) is 26.3 Å². The van der Waals surface area contributed by atoms with Gasteiger partial charge in [-0.25, -0.2) is 0 Å². The highest BCUT2D eigenvalue weighted by molar-refractivity contribution is 5.98. The molecule has 20 heavy (non-hydrogen) atoms. The van der Waals surface area contributed by atoms with Crippen LogP contribution in [0.2, 0.25) is 0 Å². The number of carbonyl (C=O) groups is 1. The molecule has 0 heterocycles. The normalized spacial score (nSPS) is 10.3. The molecule has 0 saturated heterocycles. The van der Waals surface area contributed by atoms with Gasteiger partial charge in [0.15, 0.2) is 5.78 Å². The largest absolute Gasteiger partial charge is 0.494 e. The van der Waals surface area contributed by atoms with Crippen molar-refractivity contribution in [1.82, 2.24) is 0 Å². The molecule has 0 aromatic heterocycles. The van der Waals surface area contributed by atoms with Crippen LogP contribution in [0.5, 0.6) is 5.75 Å². The lowest BCUT2D eigenvalue weighted by Gasteiger charge is -2.08. The molecule has 0 spiro atoms. The summed E-state index contributed by atoms with van der Waals surface area (Å²) < 4.78 is 5.57. The van der Waals surface area contributed by atoms with E-state index in [0.717, 1.165) is 23.3 Å². The van der Waals surface area contributed by atoms with Crippen molar-refractivity contribution in [3.8, 4) is 5.75 Å². The Labute approximate surface area is 120 Å². The van der Waals surface area contributed by atoms with E-state index in [4.69, 9.17) is 4.74 Å². The lowest BCUT2D eigenvalue weighted by atomic mass is 9.99. The number of Topliss-reactive ketones (excluding diaryl/α,β-unsaturated/α-hetero) is 1. The van der Waals surface area contributed by atoms with Gasteiger partial charge in [0, 0.05) is 12.0 Å². The highest BCUT2D eigenvalue weighted by Gasteiger charge is 2.09. The Morgan fingerprint density at radius 3 is 2.65 bits per heavy atom. The first-order valence-electron chi connectivity index (χ1n) is 7.01. The monoisotopic (exact) mass is 268 g/mol. The molecule has 0 atom stereocenters. The molecule has 0 aliphatic rings. The molecule has 2 nitrogen and oxygen atoms in total. The average molecular weight is 268 g/mol. The molecule has 2 aromatic rings. The van der Waals surface area contributed by atoms with Crippen molar-refractivity contribution >= 4 is 5.78 Å². The van der Waals surface area contributed by atoms with E-state index in [9.17, 15) is 4.79 Å². The van der Waals surface area contributed by atoms with Crippen LogP contribution < -0.4 is 4.74 Å². The van der Waals surface area contributed by atoms with Crippen LogP contribution in [0, 0.1) is 6.92 Å². The van der Waals surface area contributed by atoms with Crippen molar-refractivity contribution in [3.05, 3.63) is 65.2 Å². The van der Waals surface area contributed by atoms with Gasteiger partial charge in [-0.15, -0.1) is 0 Å². The predicted molar refractivity (Wildman–Crippen MR) is 81.4 cm³/mol. The minimum atomic E-state index is 0.126. The summed E-state index contributed by atoms with van der Waals surface area (Å²) in [6, 6.07) is 15.4. The van der Waals surface area contributed by atoms with Gasteiger partial charge in [-0.3, -0.25) is 4.79 Å². The van der Waals surface area contributed by atoms with Crippen molar-refractivity contribution in [3.63, 3.8) is 0 Å². The molecule has 0 aliphatic heterocycles. The molecule has 0 unspecified atom stereocenters. The standard InChI is InChI=1S/C18H20O2/c1-3-11-20-17-10-6-9-16(12-17)18(19)13-15-8-5-4-7-14(15)2/h4-10,12H,3,11,13H2,1-2H3. The molecule has 104 valence electrons. The second-order valence-electron chi connectivity index (χ2n) is 4.90. The number of ether oxygens (including phenoxy) is 1. The van der Waals surface area contributed by atoms with Crippen molar-refractivity contribution < 1.29 is 9.53 Å². The number of rotatable bonds is 6.